The van der Waals surface area contributed by atoms with Gasteiger partial charge in [0, 0.05) is 15.8 Å². The molecule has 0 aliphatic carbocycles. The highest BCUT2D eigenvalue weighted by molar-refractivity contribution is 9.10. The molecule has 1 aliphatic heterocycles. The molecule has 0 spiro atoms. The molecule has 1 fully saturated rings. The van der Waals surface area contributed by atoms with Gasteiger partial charge in [-0.25, -0.2) is 0 Å². The van der Waals surface area contributed by atoms with Crippen molar-refractivity contribution < 1.29 is 14.1 Å². The summed E-state index contributed by atoms with van der Waals surface area (Å²) >= 11 is 5.11. The molecule has 3 rings (SSSR count). The predicted octanol–water partition coefficient (Wildman–Crippen LogP) is 3.20. The first-order valence-electron chi connectivity index (χ1n) is 6.54. The molecule has 1 aromatic heterocycles. The molecule has 1 aromatic carbocycles. The zero-order valence-electron chi connectivity index (χ0n) is 11.1. The number of Topliss-reactive ketones (excluding diaryl/α,β-unsaturated/α-hetero) is 1. The Balaban J connectivity index is 1.65. The molecule has 0 radical (unpaired) electrons. The van der Waals surface area contributed by atoms with Gasteiger partial charge < -0.3 is 9.26 Å². The van der Waals surface area contributed by atoms with Crippen molar-refractivity contribution in [2.24, 2.45) is 0 Å². The average molecular weight is 369 g/mol. The third kappa shape index (κ3) is 3.53. The zero-order chi connectivity index (χ0) is 14.7. The normalized spacial score (nSPS) is 18.9. The number of hydrogen-bond donors (Lipinski definition) is 0. The Morgan fingerprint density at radius 2 is 2.24 bits per heavy atom. The molecule has 0 saturated carbocycles. The summed E-state index contributed by atoms with van der Waals surface area (Å²) in [6.07, 6.45) is 0.411. The predicted molar refractivity (Wildman–Crippen MR) is 81.2 cm³/mol. The number of ketones is 1. The lowest BCUT2D eigenvalue weighted by molar-refractivity contribution is -0.127. The van der Waals surface area contributed by atoms with E-state index in [1.165, 1.54) is 0 Å². The summed E-state index contributed by atoms with van der Waals surface area (Å²) < 4.78 is 11.5. The number of carbonyl (C=O) groups is 1. The van der Waals surface area contributed by atoms with Gasteiger partial charge in [0.15, 0.2) is 5.82 Å². The smallest absolute Gasteiger partial charge is 0.239 e. The largest absolute Gasteiger partial charge is 0.380 e. The molecule has 7 heteroatoms. The van der Waals surface area contributed by atoms with Gasteiger partial charge in [-0.3, -0.25) is 4.79 Å². The van der Waals surface area contributed by atoms with Crippen LogP contribution in [-0.4, -0.2) is 29.1 Å². The maximum atomic E-state index is 11.8. The number of rotatable bonds is 4. The van der Waals surface area contributed by atoms with Crippen molar-refractivity contribution in [1.29, 1.82) is 0 Å². The fourth-order valence-corrected chi connectivity index (χ4v) is 3.43. The molecular weight excluding hydrogens is 356 g/mol. The molecule has 0 bridgehead atoms. The summed E-state index contributed by atoms with van der Waals surface area (Å²) in [5, 5.41) is 3.94. The molecule has 1 aliphatic rings. The van der Waals surface area contributed by atoms with Crippen molar-refractivity contribution in [2.75, 3.05) is 13.2 Å². The van der Waals surface area contributed by atoms with Crippen molar-refractivity contribution >= 4 is 33.5 Å². The number of ether oxygens (including phenoxy) is 1. The van der Waals surface area contributed by atoms with Gasteiger partial charge in [0.05, 0.1) is 19.0 Å². The Morgan fingerprint density at radius 3 is 3.05 bits per heavy atom. The van der Waals surface area contributed by atoms with E-state index in [1.54, 1.807) is 11.8 Å². The molecule has 1 atom stereocenters. The van der Waals surface area contributed by atoms with Crippen molar-refractivity contribution in [3.63, 3.8) is 0 Å². The summed E-state index contributed by atoms with van der Waals surface area (Å²) in [5.41, 5.74) is 0. The highest BCUT2D eigenvalue weighted by Gasteiger charge is 2.29. The van der Waals surface area contributed by atoms with Crippen molar-refractivity contribution in [2.45, 2.75) is 23.0 Å². The van der Waals surface area contributed by atoms with Crippen molar-refractivity contribution in [3.8, 4) is 0 Å². The number of hydrogen-bond acceptors (Lipinski definition) is 6. The Kier molecular flexibility index (Phi) is 4.72. The van der Waals surface area contributed by atoms with E-state index in [-0.39, 0.29) is 5.78 Å². The SMILES string of the molecule is O=C1CCOCC1c1nc(CSc2ccccc2Br)no1. The van der Waals surface area contributed by atoms with E-state index >= 15 is 0 Å². The monoisotopic (exact) mass is 368 g/mol. The second-order valence-corrected chi connectivity index (χ2v) is 6.48. The summed E-state index contributed by atoms with van der Waals surface area (Å²) in [6, 6.07) is 7.96. The summed E-state index contributed by atoms with van der Waals surface area (Å²) in [7, 11) is 0. The lowest BCUT2D eigenvalue weighted by Gasteiger charge is -2.16. The number of thioether (sulfide) groups is 1. The maximum Gasteiger partial charge on any atom is 0.239 e. The van der Waals surface area contributed by atoms with E-state index in [0.29, 0.717) is 37.1 Å². The molecule has 5 nitrogen and oxygen atoms in total. The van der Waals surface area contributed by atoms with Crippen LogP contribution in [0, 0.1) is 0 Å². The first-order valence-corrected chi connectivity index (χ1v) is 8.32. The minimum Gasteiger partial charge on any atom is -0.380 e. The summed E-state index contributed by atoms with van der Waals surface area (Å²) in [5.74, 6) is 1.24. The second-order valence-electron chi connectivity index (χ2n) is 4.61. The number of benzene rings is 1. The van der Waals surface area contributed by atoms with Crippen LogP contribution in [0.1, 0.15) is 24.1 Å². The van der Waals surface area contributed by atoms with E-state index in [4.69, 9.17) is 9.26 Å². The van der Waals surface area contributed by atoms with Crippen molar-refractivity contribution in [1.82, 2.24) is 10.1 Å². The van der Waals surface area contributed by atoms with Gasteiger partial charge in [0.25, 0.3) is 0 Å². The molecule has 1 saturated heterocycles. The van der Waals surface area contributed by atoms with E-state index < -0.39 is 5.92 Å². The molecule has 110 valence electrons. The lowest BCUT2D eigenvalue weighted by Crippen LogP contribution is -2.25. The van der Waals surface area contributed by atoms with Crippen LogP contribution in [0.15, 0.2) is 38.2 Å². The average Bonchev–Trinajstić information content (AvgIpc) is 2.96. The van der Waals surface area contributed by atoms with Gasteiger partial charge in [-0.05, 0) is 28.1 Å². The zero-order valence-corrected chi connectivity index (χ0v) is 13.5. The highest BCUT2D eigenvalue weighted by Crippen LogP contribution is 2.29. The minimum absolute atomic E-state index is 0.106. The number of nitrogens with zero attached hydrogens (tertiary/aromatic N) is 2. The second kappa shape index (κ2) is 6.72. The Bertz CT molecular complexity index is 647. The Labute approximate surface area is 134 Å². The minimum atomic E-state index is -0.409. The van der Waals surface area contributed by atoms with Crippen LogP contribution in [0.5, 0.6) is 0 Å². The third-order valence-corrected chi connectivity index (χ3v) is 5.16. The van der Waals surface area contributed by atoms with Gasteiger partial charge in [0.1, 0.15) is 11.7 Å². The lowest BCUT2D eigenvalue weighted by atomic mass is 10.0. The third-order valence-electron chi connectivity index (χ3n) is 3.14. The molecule has 2 aromatic rings. The Morgan fingerprint density at radius 1 is 1.38 bits per heavy atom. The van der Waals surface area contributed by atoms with Gasteiger partial charge in [-0.2, -0.15) is 4.98 Å². The van der Waals surface area contributed by atoms with Gasteiger partial charge >= 0.3 is 0 Å². The molecule has 1 unspecified atom stereocenters. The number of carbonyl (C=O) groups excluding carboxylic acids is 1. The molecule has 0 amide bonds. The number of halogens is 1. The van der Waals surface area contributed by atoms with Crippen LogP contribution in [-0.2, 0) is 15.3 Å². The van der Waals surface area contributed by atoms with E-state index in [2.05, 4.69) is 26.1 Å². The van der Waals surface area contributed by atoms with Gasteiger partial charge in [0.2, 0.25) is 5.89 Å². The van der Waals surface area contributed by atoms with Crippen LogP contribution in [0.4, 0.5) is 0 Å². The van der Waals surface area contributed by atoms with Crippen LogP contribution in [0.2, 0.25) is 0 Å². The molecular formula is C14H13BrN2O3S. The van der Waals surface area contributed by atoms with Gasteiger partial charge in [-0.15, -0.1) is 11.8 Å². The van der Waals surface area contributed by atoms with Crippen LogP contribution < -0.4 is 0 Å². The highest BCUT2D eigenvalue weighted by atomic mass is 79.9. The standard InChI is InChI=1S/C14H13BrN2O3S/c15-10-3-1-2-4-12(10)21-8-13-16-14(20-17-13)9-7-19-6-5-11(9)18/h1-4,9H,5-8H2. The molecule has 0 N–H and O–H groups in total. The first kappa shape index (κ1) is 14.7. The Hall–Kier alpha value is -1.18. The quantitative estimate of drug-likeness (QED) is 0.772. The fraction of sp³-hybridized carbons (Fsp3) is 0.357. The fourth-order valence-electron chi connectivity index (χ4n) is 2.02. The van der Waals surface area contributed by atoms with E-state index in [9.17, 15) is 4.79 Å². The summed E-state index contributed by atoms with van der Waals surface area (Å²) in [6.45, 7) is 0.812. The number of aromatic nitrogens is 2. The molecule has 21 heavy (non-hydrogen) atoms. The summed E-state index contributed by atoms with van der Waals surface area (Å²) in [4.78, 5) is 17.2. The van der Waals surface area contributed by atoms with E-state index in [0.717, 1.165) is 9.37 Å². The van der Waals surface area contributed by atoms with Crippen molar-refractivity contribution in [3.05, 3.63) is 40.5 Å². The van der Waals surface area contributed by atoms with E-state index in [1.807, 2.05) is 24.3 Å². The van der Waals surface area contributed by atoms with Crippen LogP contribution in [0.3, 0.4) is 0 Å². The van der Waals surface area contributed by atoms with Crippen LogP contribution >= 0.6 is 27.7 Å². The maximum absolute atomic E-state index is 11.8. The molecule has 2 heterocycles. The van der Waals surface area contributed by atoms with Gasteiger partial charge in [-0.1, -0.05) is 17.3 Å². The topological polar surface area (TPSA) is 65.2 Å². The van der Waals surface area contributed by atoms with Crippen LogP contribution in [0.25, 0.3) is 0 Å². The first-order chi connectivity index (χ1) is 10.2.